The molecule has 1 aromatic carbocycles. The van der Waals surface area contributed by atoms with E-state index in [1.165, 1.54) is 0 Å². The van der Waals surface area contributed by atoms with Crippen molar-refractivity contribution in [3.05, 3.63) is 33.9 Å². The highest BCUT2D eigenvalue weighted by Crippen LogP contribution is 2.38. The fraction of sp³-hybridized carbons (Fsp3) is 0.182. The number of anilines is 1. The first-order valence-corrected chi connectivity index (χ1v) is 5.54. The van der Waals surface area contributed by atoms with Gasteiger partial charge in [0, 0.05) is 27.8 Å². The first kappa shape index (κ1) is 8.97. The number of nitrogens with one attached hydrogen (secondary N) is 1. The van der Waals surface area contributed by atoms with Crippen LogP contribution in [-0.4, -0.2) is 5.16 Å². The van der Waals surface area contributed by atoms with E-state index >= 15 is 0 Å². The molecule has 0 saturated heterocycles. The normalized spacial score (nSPS) is 12.9. The van der Waals surface area contributed by atoms with Crippen molar-refractivity contribution in [3.63, 3.8) is 0 Å². The topological polar surface area (TPSA) is 38.1 Å². The number of nitrogens with zero attached hydrogens (tertiary/aromatic N) is 1. The van der Waals surface area contributed by atoms with E-state index < -0.39 is 0 Å². The van der Waals surface area contributed by atoms with E-state index in [1.807, 2.05) is 25.1 Å². The molecule has 0 atom stereocenters. The van der Waals surface area contributed by atoms with Crippen molar-refractivity contribution in [1.82, 2.24) is 5.16 Å². The van der Waals surface area contributed by atoms with Crippen LogP contribution in [0.2, 0.25) is 0 Å². The molecule has 2 aromatic rings. The number of hydrogen-bond acceptors (Lipinski definition) is 3. The summed E-state index contributed by atoms with van der Waals surface area (Å²) < 4.78 is 6.40. The second kappa shape index (κ2) is 3.10. The molecule has 1 aliphatic heterocycles. The van der Waals surface area contributed by atoms with Crippen LogP contribution in [0.4, 0.5) is 5.69 Å². The minimum absolute atomic E-state index is 0.791. The van der Waals surface area contributed by atoms with Gasteiger partial charge in [0.15, 0.2) is 5.76 Å². The highest BCUT2D eigenvalue weighted by atomic mass is 79.9. The second-order valence-electron chi connectivity index (χ2n) is 3.62. The lowest BCUT2D eigenvalue weighted by atomic mass is 10.0. The molecule has 1 aliphatic rings. The van der Waals surface area contributed by atoms with Crippen LogP contribution in [0.1, 0.15) is 11.3 Å². The van der Waals surface area contributed by atoms with E-state index in [4.69, 9.17) is 4.52 Å². The highest BCUT2D eigenvalue weighted by Gasteiger charge is 2.22. The minimum Gasteiger partial charge on any atom is -0.380 e. The summed E-state index contributed by atoms with van der Waals surface area (Å²) in [4.78, 5) is 0. The first-order valence-electron chi connectivity index (χ1n) is 4.74. The number of aromatic nitrogens is 1. The van der Waals surface area contributed by atoms with E-state index in [0.717, 1.165) is 39.3 Å². The summed E-state index contributed by atoms with van der Waals surface area (Å²) in [5.74, 6) is 0.891. The van der Waals surface area contributed by atoms with Crippen molar-refractivity contribution in [2.45, 2.75) is 13.5 Å². The molecule has 2 heterocycles. The Morgan fingerprint density at radius 2 is 2.33 bits per heavy atom. The van der Waals surface area contributed by atoms with E-state index in [9.17, 15) is 0 Å². The minimum atomic E-state index is 0.791. The molecule has 15 heavy (non-hydrogen) atoms. The van der Waals surface area contributed by atoms with Gasteiger partial charge in [-0.05, 0) is 25.1 Å². The molecule has 1 N–H and O–H groups in total. The zero-order valence-electron chi connectivity index (χ0n) is 8.17. The standard InChI is InChI=1S/C11H9BrN2O/c1-6-9-5-13-10-3-2-7(12)4-8(10)11(9)15-14-6/h2-4,13H,5H2,1H3. The lowest BCUT2D eigenvalue weighted by Crippen LogP contribution is -2.07. The Balaban J connectivity index is 2.28. The molecular weight excluding hydrogens is 256 g/mol. The molecule has 1 aromatic heterocycles. The molecule has 0 fully saturated rings. The van der Waals surface area contributed by atoms with Crippen molar-refractivity contribution >= 4 is 21.6 Å². The van der Waals surface area contributed by atoms with Crippen LogP contribution in [0.25, 0.3) is 11.3 Å². The van der Waals surface area contributed by atoms with E-state index in [-0.39, 0.29) is 0 Å². The van der Waals surface area contributed by atoms with Crippen LogP contribution in [0, 0.1) is 6.92 Å². The molecule has 3 rings (SSSR count). The van der Waals surface area contributed by atoms with Gasteiger partial charge >= 0.3 is 0 Å². The first-order chi connectivity index (χ1) is 7.25. The number of halogens is 1. The quantitative estimate of drug-likeness (QED) is 0.793. The largest absolute Gasteiger partial charge is 0.380 e. The van der Waals surface area contributed by atoms with E-state index in [1.54, 1.807) is 0 Å². The zero-order valence-corrected chi connectivity index (χ0v) is 9.76. The summed E-state index contributed by atoms with van der Waals surface area (Å²) in [6.45, 7) is 2.76. The number of benzene rings is 1. The average molecular weight is 265 g/mol. The molecule has 0 radical (unpaired) electrons. The fourth-order valence-electron chi connectivity index (χ4n) is 1.85. The third-order valence-corrected chi connectivity index (χ3v) is 3.16. The van der Waals surface area contributed by atoms with Crippen LogP contribution in [-0.2, 0) is 6.54 Å². The lowest BCUT2D eigenvalue weighted by molar-refractivity contribution is 0.426. The SMILES string of the molecule is Cc1noc2c1CNc1ccc(Br)cc1-2. The third kappa shape index (κ3) is 1.28. The maximum atomic E-state index is 5.36. The van der Waals surface area contributed by atoms with Crippen LogP contribution >= 0.6 is 15.9 Å². The number of hydrogen-bond donors (Lipinski definition) is 1. The molecule has 76 valence electrons. The Labute approximate surface area is 95.6 Å². The Morgan fingerprint density at radius 1 is 1.47 bits per heavy atom. The maximum Gasteiger partial charge on any atom is 0.174 e. The zero-order chi connectivity index (χ0) is 10.4. The Bertz CT molecular complexity index is 533. The third-order valence-electron chi connectivity index (χ3n) is 2.67. The summed E-state index contributed by atoms with van der Waals surface area (Å²) in [6, 6.07) is 6.10. The van der Waals surface area contributed by atoms with E-state index in [0.29, 0.717) is 0 Å². The van der Waals surface area contributed by atoms with Gasteiger partial charge in [-0.3, -0.25) is 0 Å². The molecule has 0 bridgehead atoms. The van der Waals surface area contributed by atoms with E-state index in [2.05, 4.69) is 26.4 Å². The molecular formula is C11H9BrN2O. The predicted molar refractivity (Wildman–Crippen MR) is 61.7 cm³/mol. The van der Waals surface area contributed by atoms with Crippen molar-refractivity contribution in [3.8, 4) is 11.3 Å². The summed E-state index contributed by atoms with van der Waals surface area (Å²) in [5.41, 5.74) is 4.29. The summed E-state index contributed by atoms with van der Waals surface area (Å²) in [7, 11) is 0. The van der Waals surface area contributed by atoms with Crippen LogP contribution in [0.15, 0.2) is 27.2 Å². The van der Waals surface area contributed by atoms with Gasteiger partial charge < -0.3 is 9.84 Å². The highest BCUT2D eigenvalue weighted by molar-refractivity contribution is 9.10. The van der Waals surface area contributed by atoms with Crippen molar-refractivity contribution in [2.24, 2.45) is 0 Å². The van der Waals surface area contributed by atoms with Crippen LogP contribution in [0.5, 0.6) is 0 Å². The summed E-state index contributed by atoms with van der Waals surface area (Å²) >= 11 is 3.46. The van der Waals surface area contributed by atoms with Crippen LogP contribution < -0.4 is 5.32 Å². The van der Waals surface area contributed by atoms with Gasteiger partial charge in [-0.1, -0.05) is 21.1 Å². The Morgan fingerprint density at radius 3 is 3.20 bits per heavy atom. The second-order valence-corrected chi connectivity index (χ2v) is 4.53. The fourth-order valence-corrected chi connectivity index (χ4v) is 2.21. The molecule has 0 aliphatic carbocycles. The van der Waals surface area contributed by atoms with Crippen LogP contribution in [0.3, 0.4) is 0 Å². The van der Waals surface area contributed by atoms with Gasteiger partial charge in [-0.15, -0.1) is 0 Å². The summed E-state index contributed by atoms with van der Waals surface area (Å²) in [6.07, 6.45) is 0. The van der Waals surface area contributed by atoms with Gasteiger partial charge in [0.25, 0.3) is 0 Å². The monoisotopic (exact) mass is 264 g/mol. The Kier molecular flexibility index (Phi) is 1.85. The van der Waals surface area contributed by atoms with Crippen molar-refractivity contribution in [2.75, 3.05) is 5.32 Å². The molecule has 0 saturated carbocycles. The number of fused-ring (bicyclic) bond motifs is 3. The van der Waals surface area contributed by atoms with Crippen molar-refractivity contribution in [1.29, 1.82) is 0 Å². The van der Waals surface area contributed by atoms with Gasteiger partial charge in [0.1, 0.15) is 0 Å². The van der Waals surface area contributed by atoms with Gasteiger partial charge in [-0.25, -0.2) is 0 Å². The smallest absolute Gasteiger partial charge is 0.174 e. The molecule has 3 nitrogen and oxygen atoms in total. The average Bonchev–Trinajstić information content (AvgIpc) is 2.61. The van der Waals surface area contributed by atoms with Crippen molar-refractivity contribution < 1.29 is 4.52 Å². The molecule has 0 spiro atoms. The molecule has 0 amide bonds. The Hall–Kier alpha value is -1.29. The molecule has 4 heteroatoms. The number of aryl methyl sites for hydroxylation is 1. The summed E-state index contributed by atoms with van der Waals surface area (Å²) in [5, 5.41) is 7.35. The lowest BCUT2D eigenvalue weighted by Gasteiger charge is -2.16. The van der Waals surface area contributed by atoms with Gasteiger partial charge in [-0.2, -0.15) is 0 Å². The predicted octanol–water partition coefficient (Wildman–Crippen LogP) is 3.34. The molecule has 0 unspecified atom stereocenters. The maximum absolute atomic E-state index is 5.36. The number of rotatable bonds is 0. The van der Waals surface area contributed by atoms with Gasteiger partial charge in [0.05, 0.1) is 5.69 Å². The van der Waals surface area contributed by atoms with Gasteiger partial charge in [0.2, 0.25) is 0 Å².